The van der Waals surface area contributed by atoms with Gasteiger partial charge in [0.25, 0.3) is 0 Å². The minimum atomic E-state index is -0.0813. The van der Waals surface area contributed by atoms with Crippen molar-refractivity contribution in [1.29, 1.82) is 0 Å². The molecule has 2 heterocycles. The maximum atomic E-state index is 12.3. The van der Waals surface area contributed by atoms with Crippen LogP contribution in [0.3, 0.4) is 0 Å². The number of methoxy groups -OCH3 is 1. The van der Waals surface area contributed by atoms with Crippen LogP contribution in [0.1, 0.15) is 30.7 Å². The van der Waals surface area contributed by atoms with Crippen LogP contribution in [0.5, 0.6) is 0 Å². The first-order valence-electron chi connectivity index (χ1n) is 7.17. The largest absolute Gasteiger partial charge is 0.469 e. The molecular formula is C16H20ClNO2. The highest BCUT2D eigenvalue weighted by atomic mass is 35.5. The Morgan fingerprint density at radius 3 is 2.65 bits per heavy atom. The van der Waals surface area contributed by atoms with Gasteiger partial charge in [0.2, 0.25) is 0 Å². The minimum Gasteiger partial charge on any atom is -0.469 e. The maximum Gasteiger partial charge on any atom is 0.310 e. The summed E-state index contributed by atoms with van der Waals surface area (Å²) in [5.41, 5.74) is 1.20. The number of ether oxygens (including phenoxy) is 1. The standard InChI is InChI=1S/C16H20ClNO2/c1-18-12-7-8-14(18)15(16(19)20-2)13(9-12)10-3-5-11(17)6-4-10/h3-6,12-15H,7-9H2,1-2H3/t12-,13-,14+,15+/m0/s1. The van der Waals surface area contributed by atoms with E-state index in [1.807, 2.05) is 24.3 Å². The summed E-state index contributed by atoms with van der Waals surface area (Å²) < 4.78 is 5.07. The van der Waals surface area contributed by atoms with Gasteiger partial charge in [0.1, 0.15) is 0 Å². The molecular weight excluding hydrogens is 274 g/mol. The fraction of sp³-hybridized carbons (Fsp3) is 0.562. The molecule has 2 aliphatic rings. The zero-order valence-corrected chi connectivity index (χ0v) is 12.6. The van der Waals surface area contributed by atoms with Gasteiger partial charge in [-0.05, 0) is 44.0 Å². The lowest BCUT2D eigenvalue weighted by molar-refractivity contribution is -0.150. The Morgan fingerprint density at radius 2 is 2.00 bits per heavy atom. The molecule has 0 radical (unpaired) electrons. The molecule has 2 bridgehead atoms. The van der Waals surface area contributed by atoms with Gasteiger partial charge in [-0.15, -0.1) is 0 Å². The first-order chi connectivity index (χ1) is 9.61. The van der Waals surface area contributed by atoms with E-state index in [1.165, 1.54) is 19.1 Å². The van der Waals surface area contributed by atoms with Gasteiger partial charge in [0, 0.05) is 23.0 Å². The number of hydrogen-bond acceptors (Lipinski definition) is 3. The van der Waals surface area contributed by atoms with Crippen molar-refractivity contribution in [3.05, 3.63) is 34.9 Å². The molecule has 20 heavy (non-hydrogen) atoms. The highest BCUT2D eigenvalue weighted by molar-refractivity contribution is 6.30. The van der Waals surface area contributed by atoms with E-state index in [-0.39, 0.29) is 17.8 Å². The zero-order chi connectivity index (χ0) is 14.3. The van der Waals surface area contributed by atoms with Gasteiger partial charge in [-0.25, -0.2) is 0 Å². The van der Waals surface area contributed by atoms with Crippen molar-refractivity contribution >= 4 is 17.6 Å². The van der Waals surface area contributed by atoms with E-state index in [2.05, 4.69) is 11.9 Å². The van der Waals surface area contributed by atoms with Crippen molar-refractivity contribution in [2.75, 3.05) is 14.2 Å². The summed E-state index contributed by atoms with van der Waals surface area (Å²) in [6.07, 6.45) is 3.29. The van der Waals surface area contributed by atoms with Crippen LogP contribution in [-0.4, -0.2) is 37.1 Å². The van der Waals surface area contributed by atoms with Crippen LogP contribution in [0.15, 0.2) is 24.3 Å². The predicted molar refractivity (Wildman–Crippen MR) is 78.9 cm³/mol. The van der Waals surface area contributed by atoms with Crippen LogP contribution in [0.2, 0.25) is 5.02 Å². The second-order valence-corrected chi connectivity index (χ2v) is 6.34. The minimum absolute atomic E-state index is 0.0649. The van der Waals surface area contributed by atoms with Crippen LogP contribution in [0.4, 0.5) is 0 Å². The first kappa shape index (κ1) is 13.9. The maximum absolute atomic E-state index is 12.3. The van der Waals surface area contributed by atoms with Gasteiger partial charge in [-0.2, -0.15) is 0 Å². The normalized spacial score (nSPS) is 33.1. The molecule has 0 N–H and O–H groups in total. The molecule has 0 aromatic heterocycles. The Kier molecular flexibility index (Phi) is 3.74. The van der Waals surface area contributed by atoms with E-state index in [9.17, 15) is 4.79 Å². The fourth-order valence-electron chi connectivity index (χ4n) is 3.98. The van der Waals surface area contributed by atoms with Crippen LogP contribution < -0.4 is 0 Å². The molecule has 1 aromatic rings. The number of carbonyl (C=O) groups is 1. The Hall–Kier alpha value is -1.06. The lowest BCUT2D eigenvalue weighted by Crippen LogP contribution is -2.49. The Labute approximate surface area is 124 Å². The molecule has 4 heteroatoms. The third-order valence-corrected chi connectivity index (χ3v) is 5.29. The number of benzene rings is 1. The van der Waals surface area contributed by atoms with E-state index in [4.69, 9.17) is 16.3 Å². The molecule has 0 amide bonds. The number of nitrogens with zero attached hydrogens (tertiary/aromatic N) is 1. The molecule has 0 saturated carbocycles. The number of piperidine rings is 1. The topological polar surface area (TPSA) is 29.5 Å². The number of halogens is 1. The second kappa shape index (κ2) is 5.38. The predicted octanol–water partition coefficient (Wildman–Crippen LogP) is 3.08. The third kappa shape index (κ3) is 2.23. The Morgan fingerprint density at radius 1 is 1.30 bits per heavy atom. The SMILES string of the molecule is COC(=O)[C@H]1[C@H]2CC[C@@H](C[C@H]1c1ccc(Cl)cc1)N2C. The average Bonchev–Trinajstić information content (AvgIpc) is 2.70. The van der Waals surface area contributed by atoms with Crippen molar-refractivity contribution in [3.8, 4) is 0 Å². The number of carbonyl (C=O) groups excluding carboxylic acids is 1. The summed E-state index contributed by atoms with van der Waals surface area (Å²) in [7, 11) is 3.62. The molecule has 0 unspecified atom stereocenters. The second-order valence-electron chi connectivity index (χ2n) is 5.91. The summed E-state index contributed by atoms with van der Waals surface area (Å²) in [6.45, 7) is 0. The summed E-state index contributed by atoms with van der Waals surface area (Å²) in [5, 5.41) is 0.735. The number of hydrogen-bond donors (Lipinski definition) is 0. The number of rotatable bonds is 2. The molecule has 2 saturated heterocycles. The first-order valence-corrected chi connectivity index (χ1v) is 7.55. The quantitative estimate of drug-likeness (QED) is 0.785. The van der Waals surface area contributed by atoms with Crippen molar-refractivity contribution in [2.24, 2.45) is 5.92 Å². The molecule has 1 aromatic carbocycles. The number of esters is 1. The summed E-state index contributed by atoms with van der Waals surface area (Å²) in [6, 6.07) is 8.81. The van der Waals surface area contributed by atoms with E-state index < -0.39 is 0 Å². The van der Waals surface area contributed by atoms with Gasteiger partial charge < -0.3 is 4.74 Å². The lowest BCUT2D eigenvalue weighted by Gasteiger charge is -2.41. The van der Waals surface area contributed by atoms with Crippen LogP contribution >= 0.6 is 11.6 Å². The van der Waals surface area contributed by atoms with Crippen LogP contribution in [0, 0.1) is 5.92 Å². The molecule has 4 atom stereocenters. The van der Waals surface area contributed by atoms with Crippen molar-refractivity contribution in [2.45, 2.75) is 37.3 Å². The van der Waals surface area contributed by atoms with Crippen molar-refractivity contribution in [1.82, 2.24) is 4.90 Å². The fourth-order valence-corrected chi connectivity index (χ4v) is 4.10. The molecule has 2 fully saturated rings. The van der Waals surface area contributed by atoms with Gasteiger partial charge in [0.15, 0.2) is 0 Å². The van der Waals surface area contributed by atoms with E-state index in [1.54, 1.807) is 0 Å². The van der Waals surface area contributed by atoms with Crippen molar-refractivity contribution < 1.29 is 9.53 Å². The zero-order valence-electron chi connectivity index (χ0n) is 11.9. The van der Waals surface area contributed by atoms with Gasteiger partial charge in [0.05, 0.1) is 13.0 Å². The molecule has 108 valence electrons. The van der Waals surface area contributed by atoms with E-state index in [0.717, 1.165) is 17.9 Å². The highest BCUT2D eigenvalue weighted by Gasteiger charge is 2.49. The molecule has 3 rings (SSSR count). The molecule has 0 aliphatic carbocycles. The van der Waals surface area contributed by atoms with E-state index in [0.29, 0.717) is 12.1 Å². The number of fused-ring (bicyclic) bond motifs is 2. The molecule has 3 nitrogen and oxygen atoms in total. The summed E-state index contributed by atoms with van der Waals surface area (Å²) >= 11 is 5.97. The molecule has 2 aliphatic heterocycles. The van der Waals surface area contributed by atoms with Gasteiger partial charge in [-0.3, -0.25) is 9.69 Å². The van der Waals surface area contributed by atoms with E-state index >= 15 is 0 Å². The molecule has 0 spiro atoms. The van der Waals surface area contributed by atoms with Crippen molar-refractivity contribution in [3.63, 3.8) is 0 Å². The Bertz CT molecular complexity index is 502. The average molecular weight is 294 g/mol. The van der Waals surface area contributed by atoms with Gasteiger partial charge in [-0.1, -0.05) is 23.7 Å². The summed E-state index contributed by atoms with van der Waals surface area (Å²) in [5.74, 6) is 0.0977. The highest BCUT2D eigenvalue weighted by Crippen LogP contribution is 2.46. The smallest absolute Gasteiger partial charge is 0.310 e. The summed E-state index contributed by atoms with van der Waals surface area (Å²) in [4.78, 5) is 14.6. The third-order valence-electron chi connectivity index (χ3n) is 5.04. The van der Waals surface area contributed by atoms with Gasteiger partial charge >= 0.3 is 5.97 Å². The monoisotopic (exact) mass is 293 g/mol. The lowest BCUT2D eigenvalue weighted by atomic mass is 9.76. The Balaban J connectivity index is 1.95. The van der Waals surface area contributed by atoms with Crippen LogP contribution in [-0.2, 0) is 9.53 Å². The van der Waals surface area contributed by atoms with Crippen LogP contribution in [0.25, 0.3) is 0 Å².